The van der Waals surface area contributed by atoms with Gasteiger partial charge in [0.2, 0.25) is 0 Å². The first kappa shape index (κ1) is 11.7. The number of aromatic hydroxyl groups is 1. The van der Waals surface area contributed by atoms with E-state index < -0.39 is 0 Å². The van der Waals surface area contributed by atoms with Gasteiger partial charge in [-0.1, -0.05) is 50.2 Å². The van der Waals surface area contributed by atoms with Gasteiger partial charge < -0.3 is 5.11 Å². The Bertz CT molecular complexity index is 497. The first-order valence-corrected chi connectivity index (χ1v) is 6.16. The minimum absolute atomic E-state index is 0.369. The van der Waals surface area contributed by atoms with E-state index in [0.717, 1.165) is 24.0 Å². The number of rotatable bonds is 3. The Morgan fingerprint density at radius 1 is 0.882 bits per heavy atom. The molecule has 0 heterocycles. The van der Waals surface area contributed by atoms with Gasteiger partial charge in [-0.2, -0.15) is 0 Å². The number of phenolic OH excluding ortho intramolecular Hbond substituents is 1. The maximum atomic E-state index is 10.0. The van der Waals surface area contributed by atoms with Crippen molar-refractivity contribution in [3.8, 4) is 16.9 Å². The van der Waals surface area contributed by atoms with Crippen LogP contribution in [0.15, 0.2) is 42.5 Å². The van der Waals surface area contributed by atoms with E-state index in [2.05, 4.69) is 44.2 Å². The third-order valence-corrected chi connectivity index (χ3v) is 3.16. The summed E-state index contributed by atoms with van der Waals surface area (Å²) in [5.74, 6) is 0.369. The van der Waals surface area contributed by atoms with E-state index in [9.17, 15) is 5.11 Å². The van der Waals surface area contributed by atoms with Crippen LogP contribution < -0.4 is 0 Å². The molecule has 0 atom stereocenters. The first-order chi connectivity index (χ1) is 8.26. The van der Waals surface area contributed by atoms with E-state index in [1.165, 1.54) is 11.1 Å². The van der Waals surface area contributed by atoms with E-state index in [-0.39, 0.29) is 0 Å². The molecule has 0 amide bonds. The van der Waals surface area contributed by atoms with Crippen LogP contribution in [0.2, 0.25) is 0 Å². The van der Waals surface area contributed by atoms with Crippen LogP contribution in [-0.4, -0.2) is 5.11 Å². The smallest absolute Gasteiger partial charge is 0.123 e. The zero-order chi connectivity index (χ0) is 12.3. The van der Waals surface area contributed by atoms with Crippen molar-refractivity contribution in [1.29, 1.82) is 0 Å². The zero-order valence-electron chi connectivity index (χ0n) is 10.4. The maximum absolute atomic E-state index is 10.0. The molecule has 0 radical (unpaired) electrons. The lowest BCUT2D eigenvalue weighted by atomic mass is 9.96. The third-order valence-electron chi connectivity index (χ3n) is 3.16. The molecule has 0 aliphatic carbocycles. The summed E-state index contributed by atoms with van der Waals surface area (Å²) in [6.07, 6.45) is 1.97. The molecule has 0 bridgehead atoms. The molecule has 2 aromatic carbocycles. The molecule has 0 saturated carbocycles. The molecule has 1 nitrogen and oxygen atoms in total. The topological polar surface area (TPSA) is 20.2 Å². The van der Waals surface area contributed by atoms with Crippen molar-refractivity contribution in [3.05, 3.63) is 53.6 Å². The van der Waals surface area contributed by atoms with E-state index in [4.69, 9.17) is 0 Å². The standard InChI is InChI=1S/C16H18O/c1-3-12-8-10-14(11-9-12)16-13(4-2)6-5-7-15(16)17/h5-11,17H,3-4H2,1-2H3. The largest absolute Gasteiger partial charge is 0.507 e. The number of aryl methyl sites for hydroxylation is 2. The molecule has 1 heteroatoms. The van der Waals surface area contributed by atoms with Crippen molar-refractivity contribution in [2.75, 3.05) is 0 Å². The van der Waals surface area contributed by atoms with Gasteiger partial charge in [0.25, 0.3) is 0 Å². The Kier molecular flexibility index (Phi) is 3.48. The number of hydrogen-bond acceptors (Lipinski definition) is 1. The lowest BCUT2D eigenvalue weighted by Gasteiger charge is -2.10. The summed E-state index contributed by atoms with van der Waals surface area (Å²) in [5, 5.41) is 10.0. The summed E-state index contributed by atoms with van der Waals surface area (Å²) in [6.45, 7) is 4.26. The monoisotopic (exact) mass is 226 g/mol. The predicted molar refractivity (Wildman–Crippen MR) is 72.3 cm³/mol. The molecule has 0 unspecified atom stereocenters. The summed E-state index contributed by atoms with van der Waals surface area (Å²) < 4.78 is 0. The van der Waals surface area contributed by atoms with Crippen LogP contribution in [0.4, 0.5) is 0 Å². The van der Waals surface area contributed by atoms with Gasteiger partial charge in [-0.15, -0.1) is 0 Å². The summed E-state index contributed by atoms with van der Waals surface area (Å²) in [7, 11) is 0. The highest BCUT2D eigenvalue weighted by atomic mass is 16.3. The molecular weight excluding hydrogens is 208 g/mol. The van der Waals surface area contributed by atoms with Crippen LogP contribution in [0.5, 0.6) is 5.75 Å². The minimum atomic E-state index is 0.369. The second-order valence-corrected chi connectivity index (χ2v) is 4.22. The summed E-state index contributed by atoms with van der Waals surface area (Å²) in [6, 6.07) is 14.2. The molecule has 17 heavy (non-hydrogen) atoms. The van der Waals surface area contributed by atoms with Gasteiger partial charge in [-0.25, -0.2) is 0 Å². The van der Waals surface area contributed by atoms with E-state index in [0.29, 0.717) is 5.75 Å². The lowest BCUT2D eigenvalue weighted by Crippen LogP contribution is -1.89. The van der Waals surface area contributed by atoms with Crippen molar-refractivity contribution >= 4 is 0 Å². The SMILES string of the molecule is CCc1ccc(-c2c(O)cccc2CC)cc1. The highest BCUT2D eigenvalue weighted by molar-refractivity contribution is 5.73. The van der Waals surface area contributed by atoms with Crippen molar-refractivity contribution in [3.63, 3.8) is 0 Å². The quantitative estimate of drug-likeness (QED) is 0.832. The molecule has 88 valence electrons. The Labute approximate surface area is 103 Å². The van der Waals surface area contributed by atoms with Crippen molar-refractivity contribution in [2.45, 2.75) is 26.7 Å². The molecule has 0 aliphatic rings. The van der Waals surface area contributed by atoms with Gasteiger partial charge in [0.1, 0.15) is 5.75 Å². The first-order valence-electron chi connectivity index (χ1n) is 6.16. The molecule has 2 aromatic rings. The summed E-state index contributed by atoms with van der Waals surface area (Å²) in [5.41, 5.74) is 4.58. The fourth-order valence-corrected chi connectivity index (χ4v) is 2.12. The molecule has 0 saturated heterocycles. The second kappa shape index (κ2) is 5.05. The summed E-state index contributed by atoms with van der Waals surface area (Å²) in [4.78, 5) is 0. The Morgan fingerprint density at radius 2 is 1.59 bits per heavy atom. The van der Waals surface area contributed by atoms with Crippen molar-refractivity contribution < 1.29 is 5.11 Å². The average molecular weight is 226 g/mol. The molecule has 0 aliphatic heterocycles. The number of benzene rings is 2. The Morgan fingerprint density at radius 3 is 2.18 bits per heavy atom. The highest BCUT2D eigenvalue weighted by Gasteiger charge is 2.08. The summed E-state index contributed by atoms with van der Waals surface area (Å²) >= 11 is 0. The van der Waals surface area contributed by atoms with Crippen LogP contribution in [0.25, 0.3) is 11.1 Å². The molecule has 1 N–H and O–H groups in total. The van der Waals surface area contributed by atoms with Crippen LogP contribution in [0, 0.1) is 0 Å². The molecule has 0 spiro atoms. The van der Waals surface area contributed by atoms with Gasteiger partial charge in [0.15, 0.2) is 0 Å². The maximum Gasteiger partial charge on any atom is 0.123 e. The van der Waals surface area contributed by atoms with Crippen LogP contribution in [-0.2, 0) is 12.8 Å². The van der Waals surface area contributed by atoms with Crippen molar-refractivity contribution in [2.24, 2.45) is 0 Å². The van der Waals surface area contributed by atoms with E-state index >= 15 is 0 Å². The van der Waals surface area contributed by atoms with E-state index in [1.54, 1.807) is 6.07 Å². The predicted octanol–water partition coefficient (Wildman–Crippen LogP) is 4.18. The minimum Gasteiger partial charge on any atom is -0.507 e. The fraction of sp³-hybridized carbons (Fsp3) is 0.250. The van der Waals surface area contributed by atoms with Crippen molar-refractivity contribution in [1.82, 2.24) is 0 Å². The highest BCUT2D eigenvalue weighted by Crippen LogP contribution is 2.32. The van der Waals surface area contributed by atoms with Gasteiger partial charge in [-0.05, 0) is 35.6 Å². The lowest BCUT2D eigenvalue weighted by molar-refractivity contribution is 0.476. The van der Waals surface area contributed by atoms with E-state index in [1.807, 2.05) is 6.07 Å². The Hall–Kier alpha value is -1.76. The van der Waals surface area contributed by atoms with Gasteiger partial charge in [0, 0.05) is 5.56 Å². The molecule has 2 rings (SSSR count). The molecule has 0 fully saturated rings. The van der Waals surface area contributed by atoms with Crippen LogP contribution in [0.3, 0.4) is 0 Å². The van der Waals surface area contributed by atoms with Crippen LogP contribution >= 0.6 is 0 Å². The average Bonchev–Trinajstić information content (AvgIpc) is 2.38. The van der Waals surface area contributed by atoms with Crippen LogP contribution in [0.1, 0.15) is 25.0 Å². The molecular formula is C16H18O. The molecule has 0 aromatic heterocycles. The fourth-order valence-electron chi connectivity index (χ4n) is 2.12. The van der Waals surface area contributed by atoms with Gasteiger partial charge in [-0.3, -0.25) is 0 Å². The van der Waals surface area contributed by atoms with Gasteiger partial charge in [0.05, 0.1) is 0 Å². The Balaban J connectivity index is 2.51. The zero-order valence-corrected chi connectivity index (χ0v) is 10.4. The number of hydrogen-bond donors (Lipinski definition) is 1. The normalized spacial score (nSPS) is 10.5. The second-order valence-electron chi connectivity index (χ2n) is 4.22. The van der Waals surface area contributed by atoms with Gasteiger partial charge >= 0.3 is 0 Å². The third kappa shape index (κ3) is 2.33. The number of phenols is 1.